The molecule has 1 saturated carbocycles. The average molecular weight is 248 g/mol. The van der Waals surface area contributed by atoms with Gasteiger partial charge in [0, 0.05) is 12.4 Å². The van der Waals surface area contributed by atoms with Gasteiger partial charge in [-0.15, -0.1) is 0 Å². The molecule has 16 heavy (non-hydrogen) atoms. The van der Waals surface area contributed by atoms with Crippen molar-refractivity contribution in [3.8, 4) is 0 Å². The standard InChI is InChI=1S/C11H20O4S/c12-6-1-7-16-8-11(15)4-2-9(3-5-11)10(13)14/h9,12,15H,1-8H2,(H,13,14). The highest BCUT2D eigenvalue weighted by molar-refractivity contribution is 7.99. The molecule has 0 aromatic carbocycles. The van der Waals surface area contributed by atoms with Gasteiger partial charge in [-0.2, -0.15) is 11.8 Å². The fourth-order valence-corrected chi connectivity index (χ4v) is 3.12. The lowest BCUT2D eigenvalue weighted by molar-refractivity contribution is -0.144. The van der Waals surface area contributed by atoms with Crippen LogP contribution >= 0.6 is 11.8 Å². The minimum Gasteiger partial charge on any atom is -0.481 e. The van der Waals surface area contributed by atoms with E-state index in [9.17, 15) is 9.90 Å². The maximum atomic E-state index is 10.7. The van der Waals surface area contributed by atoms with Crippen molar-refractivity contribution in [1.82, 2.24) is 0 Å². The summed E-state index contributed by atoms with van der Waals surface area (Å²) in [5.74, 6) is 0.484. The first kappa shape index (κ1) is 13.8. The van der Waals surface area contributed by atoms with Crippen molar-refractivity contribution >= 4 is 17.7 Å². The van der Waals surface area contributed by atoms with E-state index >= 15 is 0 Å². The minimum atomic E-state index is -0.741. The summed E-state index contributed by atoms with van der Waals surface area (Å²) in [7, 11) is 0. The monoisotopic (exact) mass is 248 g/mol. The Morgan fingerprint density at radius 2 is 2.00 bits per heavy atom. The van der Waals surface area contributed by atoms with Crippen LogP contribution in [0.1, 0.15) is 32.1 Å². The van der Waals surface area contributed by atoms with Crippen molar-refractivity contribution in [2.75, 3.05) is 18.1 Å². The van der Waals surface area contributed by atoms with E-state index in [0.717, 1.165) is 12.2 Å². The van der Waals surface area contributed by atoms with E-state index in [-0.39, 0.29) is 12.5 Å². The zero-order valence-electron chi connectivity index (χ0n) is 9.39. The molecule has 0 unspecified atom stereocenters. The number of aliphatic hydroxyl groups excluding tert-OH is 1. The molecule has 0 heterocycles. The molecule has 0 bridgehead atoms. The second kappa shape index (κ2) is 6.47. The van der Waals surface area contributed by atoms with Crippen LogP contribution in [0.3, 0.4) is 0 Å². The molecule has 0 amide bonds. The number of carboxylic acids is 1. The molecular formula is C11H20O4S. The van der Waals surface area contributed by atoms with Gasteiger partial charge >= 0.3 is 5.97 Å². The van der Waals surface area contributed by atoms with Gasteiger partial charge in [-0.25, -0.2) is 0 Å². The van der Waals surface area contributed by atoms with Crippen molar-refractivity contribution in [2.45, 2.75) is 37.7 Å². The maximum absolute atomic E-state index is 10.7. The van der Waals surface area contributed by atoms with Gasteiger partial charge in [0.2, 0.25) is 0 Å². The first-order valence-corrected chi connectivity index (χ1v) is 6.87. The zero-order chi connectivity index (χ0) is 12.0. The lowest BCUT2D eigenvalue weighted by atomic mass is 9.80. The Bertz CT molecular complexity index is 224. The van der Waals surface area contributed by atoms with Gasteiger partial charge in [0.1, 0.15) is 0 Å². The van der Waals surface area contributed by atoms with Crippen molar-refractivity contribution in [3.05, 3.63) is 0 Å². The first-order chi connectivity index (χ1) is 7.57. The van der Waals surface area contributed by atoms with Gasteiger partial charge in [-0.3, -0.25) is 4.79 Å². The smallest absolute Gasteiger partial charge is 0.306 e. The molecular weight excluding hydrogens is 228 g/mol. The van der Waals surface area contributed by atoms with Crippen molar-refractivity contribution in [2.24, 2.45) is 5.92 Å². The first-order valence-electron chi connectivity index (χ1n) is 5.71. The average Bonchev–Trinajstić information content (AvgIpc) is 2.25. The van der Waals surface area contributed by atoms with Crippen LogP contribution in [0.2, 0.25) is 0 Å². The molecule has 5 heteroatoms. The quantitative estimate of drug-likeness (QED) is 0.614. The van der Waals surface area contributed by atoms with E-state index in [1.807, 2.05) is 0 Å². The molecule has 1 aliphatic carbocycles. The highest BCUT2D eigenvalue weighted by atomic mass is 32.2. The molecule has 0 atom stereocenters. The molecule has 1 fully saturated rings. The summed E-state index contributed by atoms with van der Waals surface area (Å²) in [6, 6.07) is 0. The molecule has 0 aliphatic heterocycles. The molecule has 94 valence electrons. The molecule has 1 aliphatic rings. The fraction of sp³-hybridized carbons (Fsp3) is 0.909. The second-order valence-corrected chi connectivity index (χ2v) is 5.57. The molecule has 0 aromatic rings. The number of carboxylic acid groups (broad SMARTS) is 1. The van der Waals surface area contributed by atoms with Gasteiger partial charge in [0.25, 0.3) is 0 Å². The fourth-order valence-electron chi connectivity index (χ4n) is 1.98. The number of aliphatic carboxylic acids is 1. The van der Waals surface area contributed by atoms with Crippen LogP contribution in [0, 0.1) is 5.92 Å². The number of aliphatic hydroxyl groups is 2. The van der Waals surface area contributed by atoms with Gasteiger partial charge in [-0.1, -0.05) is 0 Å². The number of thioether (sulfide) groups is 1. The number of rotatable bonds is 6. The summed E-state index contributed by atoms with van der Waals surface area (Å²) in [6.45, 7) is 0.187. The van der Waals surface area contributed by atoms with Crippen LogP contribution < -0.4 is 0 Å². The molecule has 4 nitrogen and oxygen atoms in total. The van der Waals surface area contributed by atoms with Gasteiger partial charge in [-0.05, 0) is 37.9 Å². The van der Waals surface area contributed by atoms with E-state index in [4.69, 9.17) is 10.2 Å². The molecule has 0 spiro atoms. The Labute approximate surface area is 100 Å². The topological polar surface area (TPSA) is 77.8 Å². The number of hydrogen-bond acceptors (Lipinski definition) is 4. The van der Waals surface area contributed by atoms with Crippen molar-refractivity contribution in [1.29, 1.82) is 0 Å². The Kier molecular flexibility index (Phi) is 5.58. The predicted octanol–water partition coefficient (Wildman–Crippen LogP) is 1.11. The second-order valence-electron chi connectivity index (χ2n) is 4.47. The third kappa shape index (κ3) is 4.31. The zero-order valence-corrected chi connectivity index (χ0v) is 10.2. The molecule has 0 aromatic heterocycles. The highest BCUT2D eigenvalue weighted by Crippen LogP contribution is 2.34. The van der Waals surface area contributed by atoms with Gasteiger partial charge in [0.05, 0.1) is 11.5 Å². The SMILES string of the molecule is O=C(O)C1CCC(O)(CSCCCO)CC1. The minimum absolute atomic E-state index is 0.187. The van der Waals surface area contributed by atoms with E-state index in [2.05, 4.69) is 0 Å². The number of carbonyl (C=O) groups is 1. The van der Waals surface area contributed by atoms with Crippen LogP contribution in [-0.2, 0) is 4.79 Å². The lowest BCUT2D eigenvalue weighted by Crippen LogP contribution is -2.38. The van der Waals surface area contributed by atoms with E-state index in [0.29, 0.717) is 31.4 Å². The lowest BCUT2D eigenvalue weighted by Gasteiger charge is -2.34. The van der Waals surface area contributed by atoms with Crippen molar-refractivity contribution < 1.29 is 20.1 Å². The van der Waals surface area contributed by atoms with Gasteiger partial charge in [0.15, 0.2) is 0 Å². The Morgan fingerprint density at radius 1 is 1.38 bits per heavy atom. The largest absolute Gasteiger partial charge is 0.481 e. The van der Waals surface area contributed by atoms with Crippen molar-refractivity contribution in [3.63, 3.8) is 0 Å². The predicted molar refractivity (Wildman–Crippen MR) is 63.6 cm³/mol. The Morgan fingerprint density at radius 3 is 2.50 bits per heavy atom. The third-order valence-electron chi connectivity index (χ3n) is 3.08. The van der Waals surface area contributed by atoms with Crippen LogP contribution in [0.25, 0.3) is 0 Å². The van der Waals surface area contributed by atoms with Crippen LogP contribution in [0.15, 0.2) is 0 Å². The van der Waals surface area contributed by atoms with E-state index in [1.165, 1.54) is 0 Å². The summed E-state index contributed by atoms with van der Waals surface area (Å²) in [4.78, 5) is 10.7. The van der Waals surface area contributed by atoms with E-state index in [1.54, 1.807) is 11.8 Å². The molecule has 0 saturated heterocycles. The summed E-state index contributed by atoms with van der Waals surface area (Å²) < 4.78 is 0. The number of hydrogen-bond donors (Lipinski definition) is 3. The third-order valence-corrected chi connectivity index (χ3v) is 4.40. The highest BCUT2D eigenvalue weighted by Gasteiger charge is 2.35. The van der Waals surface area contributed by atoms with Crippen LogP contribution in [0.5, 0.6) is 0 Å². The van der Waals surface area contributed by atoms with Gasteiger partial charge < -0.3 is 15.3 Å². The molecule has 1 rings (SSSR count). The Hall–Kier alpha value is -0.260. The summed E-state index contributed by atoms with van der Waals surface area (Å²) in [5, 5.41) is 27.7. The maximum Gasteiger partial charge on any atom is 0.306 e. The molecule has 3 N–H and O–H groups in total. The Balaban J connectivity index is 2.24. The normalized spacial score (nSPS) is 30.2. The van der Waals surface area contributed by atoms with Crippen LogP contribution in [0.4, 0.5) is 0 Å². The summed E-state index contributed by atoms with van der Waals surface area (Å²) in [5.41, 5.74) is -0.688. The molecule has 0 radical (unpaired) electrons. The van der Waals surface area contributed by atoms with Crippen LogP contribution in [-0.4, -0.2) is 45.0 Å². The summed E-state index contributed by atoms with van der Waals surface area (Å²) in [6.07, 6.45) is 3.06. The summed E-state index contributed by atoms with van der Waals surface area (Å²) >= 11 is 1.64. The van der Waals surface area contributed by atoms with E-state index < -0.39 is 11.6 Å².